The van der Waals surface area contributed by atoms with E-state index >= 15 is 0 Å². The molecule has 58 heavy (non-hydrogen) atoms. The van der Waals surface area contributed by atoms with Crippen molar-refractivity contribution in [1.29, 1.82) is 0 Å². The van der Waals surface area contributed by atoms with Crippen LogP contribution >= 0.6 is 11.3 Å². The van der Waals surface area contributed by atoms with Crippen molar-refractivity contribution in [3.8, 4) is 17.4 Å². The second-order valence-electron chi connectivity index (χ2n) is 16.7. The van der Waals surface area contributed by atoms with E-state index in [1.807, 2.05) is 44.2 Å². The van der Waals surface area contributed by atoms with E-state index in [0.717, 1.165) is 36.1 Å². The summed E-state index contributed by atoms with van der Waals surface area (Å²) >= 11 is 1.33. The van der Waals surface area contributed by atoms with Gasteiger partial charge in [-0.1, -0.05) is 25.0 Å². The van der Waals surface area contributed by atoms with Gasteiger partial charge in [-0.25, -0.2) is 13.4 Å². The number of pyridine rings is 1. The van der Waals surface area contributed by atoms with Crippen molar-refractivity contribution in [1.82, 2.24) is 25.2 Å². The summed E-state index contributed by atoms with van der Waals surface area (Å²) in [5.41, 5.74) is -0.0813. The van der Waals surface area contributed by atoms with Gasteiger partial charge in [0.2, 0.25) is 27.7 Å². The molecule has 3 N–H and O–H groups in total. The second-order valence-corrected chi connectivity index (χ2v) is 20.2. The summed E-state index contributed by atoms with van der Waals surface area (Å²) in [4.78, 5) is 64.5. The average molecular weight is 834 g/mol. The molecule has 0 spiro atoms. The number of thiophene rings is 1. The number of aromatic nitrogens is 1. The van der Waals surface area contributed by atoms with Gasteiger partial charge in [-0.3, -0.25) is 23.9 Å². The minimum atomic E-state index is -3.99. The molecule has 0 radical (unpaired) electrons. The molecule has 3 aromatic rings. The molecule has 3 aliphatic carbocycles. The molecule has 0 unspecified atom stereocenters. The van der Waals surface area contributed by atoms with E-state index in [-0.39, 0.29) is 31.4 Å². The van der Waals surface area contributed by atoms with E-state index in [1.54, 1.807) is 26.2 Å². The first-order chi connectivity index (χ1) is 27.7. The standard InChI is InChI=1S/C42H51N5O9S2/c1-24-12-17-34(57-24)38(49)43-30-11-9-7-5-6-8-10-26-22-42(26,40(51)46-58(52,53)41(3)18-19-41)45-37(48)31-20-28(23-47(31)39(30)50)55-33-21-35(56-27-13-14-27)44-36-25(2)32(54-4)16-15-29(33)36/h8,10,12,15-17,21,26-28,30-31H,5-7,9,11,13-14,18-20,22-23H2,1-4H3,(H,43,49)(H,45,48)(H,46,51)/t26-,28-,30+,31+,42-/m1/s1. The first-order valence-electron chi connectivity index (χ1n) is 20.3. The third-order valence-corrected chi connectivity index (χ3v) is 15.4. The molecule has 310 valence electrons. The number of rotatable bonds is 10. The van der Waals surface area contributed by atoms with Crippen LogP contribution in [0.15, 0.2) is 42.5 Å². The molecule has 5 atom stereocenters. The van der Waals surface area contributed by atoms with Gasteiger partial charge in [0, 0.05) is 34.2 Å². The summed E-state index contributed by atoms with van der Waals surface area (Å²) in [6, 6.07) is 6.97. The number of carbonyl (C=O) groups excluding carboxylic acids is 4. The van der Waals surface area contributed by atoms with Crippen molar-refractivity contribution < 1.29 is 41.8 Å². The van der Waals surface area contributed by atoms with Gasteiger partial charge in [-0.15, -0.1) is 11.3 Å². The molecule has 8 rings (SSSR count). The van der Waals surface area contributed by atoms with Crippen LogP contribution in [0, 0.1) is 19.8 Å². The number of ether oxygens (including phenoxy) is 3. The van der Waals surface area contributed by atoms with E-state index in [1.165, 1.54) is 16.2 Å². The summed E-state index contributed by atoms with van der Waals surface area (Å²) in [5, 5.41) is 6.60. The number of aryl methyl sites for hydroxylation is 2. The number of fused-ring (bicyclic) bond motifs is 3. The van der Waals surface area contributed by atoms with Gasteiger partial charge >= 0.3 is 0 Å². The van der Waals surface area contributed by atoms with E-state index in [2.05, 4.69) is 15.4 Å². The molecule has 1 aromatic carbocycles. The van der Waals surface area contributed by atoms with Crippen LogP contribution in [0.3, 0.4) is 0 Å². The van der Waals surface area contributed by atoms with Gasteiger partial charge in [0.05, 0.1) is 28.8 Å². The predicted molar refractivity (Wildman–Crippen MR) is 217 cm³/mol. The highest BCUT2D eigenvalue weighted by molar-refractivity contribution is 7.91. The maximum Gasteiger partial charge on any atom is 0.262 e. The first kappa shape index (κ1) is 40.1. The zero-order chi connectivity index (χ0) is 41.0. The smallest absolute Gasteiger partial charge is 0.262 e. The average Bonchev–Trinajstić information content (AvgIpc) is 4.15. The Morgan fingerprint density at radius 3 is 2.50 bits per heavy atom. The fourth-order valence-corrected chi connectivity index (χ4v) is 10.1. The molecular formula is C42H51N5O9S2. The van der Waals surface area contributed by atoms with E-state index < -0.39 is 62.1 Å². The Hall–Kier alpha value is -4.70. The highest BCUT2D eigenvalue weighted by Gasteiger charge is 2.63. The van der Waals surface area contributed by atoms with Gasteiger partial charge in [0.25, 0.3) is 11.8 Å². The summed E-state index contributed by atoms with van der Waals surface area (Å²) in [6.45, 7) is 5.42. The maximum atomic E-state index is 14.8. The summed E-state index contributed by atoms with van der Waals surface area (Å²) in [5.74, 6) is -1.12. The maximum absolute atomic E-state index is 14.8. The number of sulfonamides is 1. The highest BCUT2D eigenvalue weighted by atomic mass is 32.2. The van der Waals surface area contributed by atoms with Crippen LogP contribution < -0.4 is 29.6 Å². The Labute approximate surface area is 342 Å². The van der Waals surface area contributed by atoms with Gasteiger partial charge in [-0.2, -0.15) is 0 Å². The molecule has 2 aliphatic heterocycles. The molecule has 2 aromatic heterocycles. The summed E-state index contributed by atoms with van der Waals surface area (Å²) in [7, 11) is -2.40. The number of nitrogens with zero attached hydrogens (tertiary/aromatic N) is 2. The van der Waals surface area contributed by atoms with Crippen LogP contribution in [-0.2, 0) is 24.4 Å². The fraction of sp³-hybridized carbons (Fsp3) is 0.548. The normalized spacial score (nSPS) is 27.0. The number of nitrogens with one attached hydrogen (secondary N) is 3. The van der Waals surface area contributed by atoms with E-state index in [9.17, 15) is 27.6 Å². The SMILES string of the molecule is COc1ccc2c(O[C@@H]3C[C@H]4C(=O)N[C@]5(C(=O)NS(=O)(=O)C6(C)CC6)C[C@H]5C=CCCCCC[C@H](NC(=O)c5ccc(C)s5)C(=O)N4C3)cc(OC3CC3)nc2c1C. The lowest BCUT2D eigenvalue weighted by Crippen LogP contribution is -2.58. The van der Waals surface area contributed by atoms with Crippen LogP contribution in [0.2, 0.25) is 0 Å². The quantitative estimate of drug-likeness (QED) is 0.235. The molecule has 4 amide bonds. The van der Waals surface area contributed by atoms with Crippen molar-refractivity contribution in [3.05, 3.63) is 57.8 Å². The minimum Gasteiger partial charge on any atom is -0.496 e. The van der Waals surface area contributed by atoms with Crippen molar-refractivity contribution in [3.63, 3.8) is 0 Å². The van der Waals surface area contributed by atoms with Crippen LogP contribution in [0.25, 0.3) is 10.9 Å². The van der Waals surface area contributed by atoms with Gasteiger partial charge in [-0.05, 0) is 96.4 Å². The number of hydrogen-bond donors (Lipinski definition) is 3. The van der Waals surface area contributed by atoms with E-state index in [4.69, 9.17) is 19.2 Å². The van der Waals surface area contributed by atoms with Crippen LogP contribution in [0.1, 0.15) is 97.7 Å². The number of amides is 4. The molecule has 14 nitrogen and oxygen atoms in total. The monoisotopic (exact) mass is 833 g/mol. The Bertz CT molecular complexity index is 2280. The molecule has 5 aliphatic rings. The lowest BCUT2D eigenvalue weighted by Gasteiger charge is -2.30. The Kier molecular flexibility index (Phi) is 10.7. The number of allylic oxidation sites excluding steroid dienone is 1. The summed E-state index contributed by atoms with van der Waals surface area (Å²) < 4.78 is 46.1. The van der Waals surface area contributed by atoms with Crippen molar-refractivity contribution in [2.24, 2.45) is 5.92 Å². The zero-order valence-corrected chi connectivity index (χ0v) is 34.9. The molecule has 1 saturated heterocycles. The van der Waals surface area contributed by atoms with Gasteiger partial charge in [0.1, 0.15) is 41.3 Å². The molecule has 16 heteroatoms. The largest absolute Gasteiger partial charge is 0.496 e. The number of carbonyl (C=O) groups is 4. The zero-order valence-electron chi connectivity index (χ0n) is 33.3. The summed E-state index contributed by atoms with van der Waals surface area (Å²) in [6.07, 6.45) is 9.54. The van der Waals surface area contributed by atoms with Crippen LogP contribution in [-0.4, -0.2) is 90.2 Å². The van der Waals surface area contributed by atoms with Crippen molar-refractivity contribution in [2.45, 2.75) is 126 Å². The van der Waals surface area contributed by atoms with E-state index in [0.29, 0.717) is 65.3 Å². The topological polar surface area (TPSA) is 182 Å². The molecule has 0 bridgehead atoms. The van der Waals surface area contributed by atoms with Crippen LogP contribution in [0.5, 0.6) is 17.4 Å². The third-order valence-electron chi connectivity index (χ3n) is 12.2. The minimum absolute atomic E-state index is 0.00836. The second kappa shape index (κ2) is 15.5. The molecule has 3 saturated carbocycles. The lowest BCUT2D eigenvalue weighted by atomic mass is 10.0. The highest BCUT2D eigenvalue weighted by Crippen LogP contribution is 2.48. The Morgan fingerprint density at radius 1 is 1.00 bits per heavy atom. The third kappa shape index (κ3) is 8.01. The number of benzene rings is 1. The lowest BCUT2D eigenvalue weighted by molar-refractivity contribution is -0.141. The first-order valence-corrected chi connectivity index (χ1v) is 22.5. The van der Waals surface area contributed by atoms with Crippen LogP contribution in [0.4, 0.5) is 0 Å². The predicted octanol–water partition coefficient (Wildman–Crippen LogP) is 5.00. The Morgan fingerprint density at radius 2 is 1.79 bits per heavy atom. The van der Waals surface area contributed by atoms with Gasteiger partial charge in [0.15, 0.2) is 0 Å². The van der Waals surface area contributed by atoms with Crippen molar-refractivity contribution >= 4 is 55.9 Å². The fourth-order valence-electron chi connectivity index (χ4n) is 8.00. The van der Waals surface area contributed by atoms with Crippen molar-refractivity contribution in [2.75, 3.05) is 13.7 Å². The molecule has 4 heterocycles. The number of methoxy groups -OCH3 is 1. The Balaban J connectivity index is 1.13. The molecular weight excluding hydrogens is 783 g/mol. The van der Waals surface area contributed by atoms with Gasteiger partial charge < -0.3 is 29.7 Å². The number of hydrogen-bond acceptors (Lipinski definition) is 11. The molecule has 4 fully saturated rings.